The van der Waals surface area contributed by atoms with Gasteiger partial charge in [0.2, 0.25) is 17.7 Å². The highest BCUT2D eigenvalue weighted by molar-refractivity contribution is 6.31. The Hall–Kier alpha value is -3.51. The number of amides is 3. The van der Waals surface area contributed by atoms with Crippen LogP contribution in [0.25, 0.3) is 0 Å². The molecule has 0 aliphatic carbocycles. The van der Waals surface area contributed by atoms with Crippen LogP contribution in [-0.4, -0.2) is 63.9 Å². The van der Waals surface area contributed by atoms with Gasteiger partial charge in [0.25, 0.3) is 0 Å². The quantitative estimate of drug-likeness (QED) is 0.640. The number of hydrogen-bond acceptors (Lipinski definition) is 5. The highest BCUT2D eigenvalue weighted by Gasteiger charge is 2.57. The van der Waals surface area contributed by atoms with Gasteiger partial charge in [-0.15, -0.1) is 0 Å². The van der Waals surface area contributed by atoms with Crippen LogP contribution in [0, 0.1) is 11.3 Å². The molecule has 0 unspecified atom stereocenters. The molecule has 1 N–H and O–H groups in total. The summed E-state index contributed by atoms with van der Waals surface area (Å²) >= 11 is 6.19. The second kappa shape index (κ2) is 9.51. The number of likely N-dealkylation sites (tertiary alicyclic amines) is 1. The van der Waals surface area contributed by atoms with Crippen LogP contribution in [-0.2, 0) is 26.2 Å². The Morgan fingerprint density at radius 2 is 2.14 bits per heavy atom. The molecule has 10 heteroatoms. The summed E-state index contributed by atoms with van der Waals surface area (Å²) in [4.78, 5) is 46.7. The molecule has 0 radical (unpaired) electrons. The van der Waals surface area contributed by atoms with Crippen LogP contribution in [0.15, 0.2) is 42.6 Å². The molecular formula is C26H27ClFN5O3. The van der Waals surface area contributed by atoms with Crippen molar-refractivity contribution in [2.24, 2.45) is 0 Å². The fourth-order valence-corrected chi connectivity index (χ4v) is 5.17. The van der Waals surface area contributed by atoms with Crippen LogP contribution in [0.1, 0.15) is 37.9 Å². The Morgan fingerprint density at radius 3 is 2.78 bits per heavy atom. The minimum absolute atomic E-state index is 0.0618. The van der Waals surface area contributed by atoms with Crippen molar-refractivity contribution in [3.8, 4) is 6.07 Å². The molecule has 0 saturated carbocycles. The van der Waals surface area contributed by atoms with E-state index in [0.717, 1.165) is 0 Å². The molecule has 1 aromatic heterocycles. The van der Waals surface area contributed by atoms with Crippen LogP contribution in [0.3, 0.4) is 0 Å². The molecule has 2 aliphatic rings. The summed E-state index contributed by atoms with van der Waals surface area (Å²) in [6, 6.07) is 10.2. The maximum Gasteiger partial charge on any atom is 0.246 e. The Morgan fingerprint density at radius 1 is 1.39 bits per heavy atom. The van der Waals surface area contributed by atoms with Gasteiger partial charge in [0.05, 0.1) is 17.9 Å². The zero-order valence-electron chi connectivity index (χ0n) is 20.3. The Bertz CT molecular complexity index is 1240. The van der Waals surface area contributed by atoms with Gasteiger partial charge in [0.15, 0.2) is 0 Å². The second-order valence-electron chi connectivity index (χ2n) is 9.98. The number of nitrogens with one attached hydrogen (secondary N) is 1. The van der Waals surface area contributed by atoms with Crippen molar-refractivity contribution in [1.82, 2.24) is 14.8 Å². The van der Waals surface area contributed by atoms with Gasteiger partial charge >= 0.3 is 0 Å². The summed E-state index contributed by atoms with van der Waals surface area (Å²) in [6.07, 6.45) is 1.31. The van der Waals surface area contributed by atoms with Gasteiger partial charge in [-0.2, -0.15) is 5.26 Å². The van der Waals surface area contributed by atoms with Gasteiger partial charge in [0, 0.05) is 49.0 Å². The Balaban J connectivity index is 1.64. The van der Waals surface area contributed by atoms with Crippen molar-refractivity contribution < 1.29 is 18.8 Å². The number of carbonyl (C=O) groups excluding carboxylic acids is 3. The summed E-state index contributed by atoms with van der Waals surface area (Å²) in [5.74, 6) is -1.31. The number of benzene rings is 1. The van der Waals surface area contributed by atoms with Gasteiger partial charge in [0.1, 0.15) is 17.8 Å². The van der Waals surface area contributed by atoms with E-state index < -0.39 is 35.0 Å². The Labute approximate surface area is 214 Å². The van der Waals surface area contributed by atoms with E-state index in [0.29, 0.717) is 22.0 Å². The van der Waals surface area contributed by atoms with Gasteiger partial charge < -0.3 is 15.1 Å². The normalized spacial score (nSPS) is 21.6. The molecule has 2 aliphatic heterocycles. The van der Waals surface area contributed by atoms with Crippen LogP contribution >= 0.6 is 11.6 Å². The predicted octanol–water partition coefficient (Wildman–Crippen LogP) is 3.26. The van der Waals surface area contributed by atoms with E-state index >= 15 is 0 Å². The zero-order chi connectivity index (χ0) is 26.3. The lowest BCUT2D eigenvalue weighted by atomic mass is 9.80. The largest absolute Gasteiger partial charge is 0.333 e. The third-order valence-electron chi connectivity index (χ3n) is 6.85. The SMILES string of the molecule is CN(C(=O)Cc1ccccn1)[C@@H](CC(C)(C)F)C(=O)N1C[C@]2(C[C@H]1C#N)C(=O)Nc1ccc(Cl)cc12. The predicted molar refractivity (Wildman–Crippen MR) is 132 cm³/mol. The molecule has 0 bridgehead atoms. The number of rotatable bonds is 6. The highest BCUT2D eigenvalue weighted by atomic mass is 35.5. The van der Waals surface area contributed by atoms with Crippen LogP contribution in [0.4, 0.5) is 10.1 Å². The summed E-state index contributed by atoms with van der Waals surface area (Å²) in [5, 5.41) is 13.2. The van der Waals surface area contributed by atoms with Crippen molar-refractivity contribution in [3.63, 3.8) is 0 Å². The van der Waals surface area contributed by atoms with E-state index in [4.69, 9.17) is 11.6 Å². The molecule has 1 aromatic carbocycles. The van der Waals surface area contributed by atoms with Crippen molar-refractivity contribution >= 4 is 35.0 Å². The first kappa shape index (κ1) is 25.6. The van der Waals surface area contributed by atoms with E-state index in [9.17, 15) is 24.0 Å². The molecule has 1 saturated heterocycles. The van der Waals surface area contributed by atoms with Crippen LogP contribution in [0.2, 0.25) is 5.02 Å². The third kappa shape index (κ3) is 4.78. The number of aromatic nitrogens is 1. The fourth-order valence-electron chi connectivity index (χ4n) is 5.00. The minimum Gasteiger partial charge on any atom is -0.333 e. The topological polar surface area (TPSA) is 106 Å². The molecule has 188 valence electrons. The molecule has 2 aromatic rings. The average Bonchev–Trinajstić information content (AvgIpc) is 3.35. The first-order chi connectivity index (χ1) is 16.9. The highest BCUT2D eigenvalue weighted by Crippen LogP contribution is 2.47. The standard InChI is InChI=1S/C26H27ClFN5O3/c1-25(2,28)13-21(32(3)22(34)11-17-6-4-5-9-30-17)23(35)33-15-26(12-18(33)14-29)19-10-16(27)7-8-20(19)31-24(26)36/h4-10,18,21H,11-13,15H2,1-3H3,(H,31,36)/t18-,21-,26-/m0/s1. The Kier molecular flexibility index (Phi) is 6.76. The van der Waals surface area contributed by atoms with E-state index in [1.54, 1.807) is 42.6 Å². The van der Waals surface area contributed by atoms with Crippen LogP contribution < -0.4 is 5.32 Å². The molecule has 3 heterocycles. The number of nitriles is 1. The van der Waals surface area contributed by atoms with Crippen molar-refractivity contribution in [3.05, 3.63) is 58.9 Å². The van der Waals surface area contributed by atoms with Gasteiger partial charge in [-0.25, -0.2) is 4.39 Å². The number of fused-ring (bicyclic) bond motifs is 2. The van der Waals surface area contributed by atoms with Crippen molar-refractivity contribution in [2.75, 3.05) is 18.9 Å². The first-order valence-corrected chi connectivity index (χ1v) is 12.0. The smallest absolute Gasteiger partial charge is 0.246 e. The van der Waals surface area contributed by atoms with E-state index in [1.807, 2.05) is 0 Å². The van der Waals surface area contributed by atoms with Gasteiger partial charge in [-0.3, -0.25) is 19.4 Å². The lowest BCUT2D eigenvalue weighted by molar-refractivity contribution is -0.146. The first-order valence-electron chi connectivity index (χ1n) is 11.6. The number of halogens is 2. The van der Waals surface area contributed by atoms with Gasteiger partial charge in [-0.1, -0.05) is 17.7 Å². The zero-order valence-corrected chi connectivity index (χ0v) is 21.1. The molecule has 3 amide bonds. The van der Waals surface area contributed by atoms with E-state index in [2.05, 4.69) is 16.4 Å². The minimum atomic E-state index is -1.77. The number of likely N-dealkylation sites (N-methyl/N-ethyl adjacent to an activating group) is 1. The molecule has 1 fully saturated rings. The molecule has 1 spiro atoms. The third-order valence-corrected chi connectivity index (χ3v) is 7.09. The monoisotopic (exact) mass is 511 g/mol. The summed E-state index contributed by atoms with van der Waals surface area (Å²) < 4.78 is 14.8. The fraction of sp³-hybridized carbons (Fsp3) is 0.423. The van der Waals surface area contributed by atoms with Crippen molar-refractivity contribution in [1.29, 1.82) is 5.26 Å². The van der Waals surface area contributed by atoms with E-state index in [-0.39, 0.29) is 31.7 Å². The molecule has 4 rings (SSSR count). The average molecular weight is 512 g/mol. The maximum atomic E-state index is 14.8. The maximum absolute atomic E-state index is 14.8. The van der Waals surface area contributed by atoms with Gasteiger partial charge in [-0.05, 0) is 49.7 Å². The van der Waals surface area contributed by atoms with Crippen molar-refractivity contribution in [2.45, 2.75) is 56.3 Å². The number of carbonyl (C=O) groups is 3. The summed E-state index contributed by atoms with van der Waals surface area (Å²) in [6.45, 7) is 2.59. The summed E-state index contributed by atoms with van der Waals surface area (Å²) in [7, 11) is 1.45. The number of anilines is 1. The number of pyridine rings is 1. The number of hydrogen-bond donors (Lipinski definition) is 1. The summed E-state index contributed by atoms with van der Waals surface area (Å²) in [5.41, 5.74) is -1.20. The number of alkyl halides is 1. The molecule has 3 atom stereocenters. The van der Waals surface area contributed by atoms with E-state index in [1.165, 1.54) is 30.7 Å². The molecular weight excluding hydrogens is 485 g/mol. The van der Waals surface area contributed by atoms with Crippen LogP contribution in [0.5, 0.6) is 0 Å². The lowest BCUT2D eigenvalue weighted by Gasteiger charge is -2.34. The second-order valence-corrected chi connectivity index (χ2v) is 10.4. The molecule has 8 nitrogen and oxygen atoms in total. The number of nitrogens with zero attached hydrogens (tertiary/aromatic N) is 4. The lowest BCUT2D eigenvalue weighted by Crippen LogP contribution is -2.53. The molecule has 36 heavy (non-hydrogen) atoms.